The lowest BCUT2D eigenvalue weighted by atomic mass is 10.2. The monoisotopic (exact) mass is 354 g/mol. The van der Waals surface area contributed by atoms with Crippen LogP contribution in [0, 0.1) is 0 Å². The van der Waals surface area contributed by atoms with E-state index in [1.54, 1.807) is 23.6 Å². The Hall–Kier alpha value is -2.60. The highest BCUT2D eigenvalue weighted by Gasteiger charge is 2.19. The number of benzene rings is 2. The van der Waals surface area contributed by atoms with Crippen LogP contribution in [0.15, 0.2) is 64.5 Å². The number of rotatable bonds is 5. The quantitative estimate of drug-likeness (QED) is 0.400. The fourth-order valence-corrected chi connectivity index (χ4v) is 3.45. The molecule has 0 saturated carbocycles. The van der Waals surface area contributed by atoms with Gasteiger partial charge in [-0.15, -0.1) is 0 Å². The Morgan fingerprint density at radius 2 is 1.84 bits per heavy atom. The third kappa shape index (κ3) is 3.74. The average molecular weight is 354 g/mol. The minimum Gasteiger partial charge on any atom is -0.468 e. The zero-order chi connectivity index (χ0) is 17.8. The maximum absolute atomic E-state index is 13.0. The first-order valence-electron chi connectivity index (χ1n) is 7.88. The molecular weight excluding hydrogens is 336 g/mol. The lowest BCUT2D eigenvalue weighted by Gasteiger charge is -2.15. The third-order valence-electron chi connectivity index (χ3n) is 3.83. The van der Waals surface area contributed by atoms with Crippen molar-refractivity contribution in [2.45, 2.75) is 23.9 Å². The van der Waals surface area contributed by atoms with Crippen molar-refractivity contribution >= 4 is 28.6 Å². The highest BCUT2D eigenvalue weighted by Crippen LogP contribution is 2.23. The van der Waals surface area contributed by atoms with Crippen LogP contribution in [0.25, 0.3) is 10.9 Å². The number of fused-ring (bicyclic) bond motifs is 1. The van der Waals surface area contributed by atoms with E-state index in [4.69, 9.17) is 4.74 Å². The van der Waals surface area contributed by atoms with E-state index in [2.05, 4.69) is 4.98 Å². The second-order valence-electron chi connectivity index (χ2n) is 5.57. The van der Waals surface area contributed by atoms with Crippen molar-refractivity contribution in [1.29, 1.82) is 0 Å². The fraction of sp³-hybridized carbons (Fsp3) is 0.211. The number of methoxy groups -OCH3 is 1. The summed E-state index contributed by atoms with van der Waals surface area (Å²) in [5.74, 6) is -0.348. The summed E-state index contributed by atoms with van der Waals surface area (Å²) in [7, 11) is 1.35. The zero-order valence-corrected chi connectivity index (χ0v) is 14.8. The highest BCUT2D eigenvalue weighted by atomic mass is 32.2. The van der Waals surface area contributed by atoms with Gasteiger partial charge in [0.15, 0.2) is 5.16 Å². The molecule has 0 spiro atoms. The minimum atomic E-state index is -0.458. The number of carbonyl (C=O) groups is 1. The van der Waals surface area contributed by atoms with E-state index in [1.807, 2.05) is 42.5 Å². The molecule has 1 aromatic heterocycles. The summed E-state index contributed by atoms with van der Waals surface area (Å²) in [6, 6.07) is 16.9. The Morgan fingerprint density at radius 1 is 1.16 bits per heavy atom. The molecule has 2 aromatic carbocycles. The number of ether oxygens (including phenoxy) is 1. The molecule has 0 bridgehead atoms. The summed E-state index contributed by atoms with van der Waals surface area (Å²) in [6.07, 6.45) is 0. The van der Waals surface area contributed by atoms with Crippen LogP contribution in [0.5, 0.6) is 0 Å². The predicted molar refractivity (Wildman–Crippen MR) is 98.9 cm³/mol. The third-order valence-corrected chi connectivity index (χ3v) is 4.89. The Morgan fingerprint density at radius 3 is 2.56 bits per heavy atom. The highest BCUT2D eigenvalue weighted by molar-refractivity contribution is 8.00. The van der Waals surface area contributed by atoms with Crippen LogP contribution in [0.2, 0.25) is 0 Å². The number of esters is 1. The molecule has 25 heavy (non-hydrogen) atoms. The number of aromatic nitrogens is 2. The van der Waals surface area contributed by atoms with Crippen molar-refractivity contribution in [3.8, 4) is 0 Å². The second kappa shape index (κ2) is 7.53. The molecular formula is C19H18N2O3S. The molecule has 0 aliphatic heterocycles. The molecule has 1 heterocycles. The first-order valence-corrected chi connectivity index (χ1v) is 8.76. The van der Waals surface area contributed by atoms with E-state index < -0.39 is 5.25 Å². The van der Waals surface area contributed by atoms with Crippen molar-refractivity contribution in [2.75, 3.05) is 7.11 Å². The largest absolute Gasteiger partial charge is 0.468 e. The van der Waals surface area contributed by atoms with Gasteiger partial charge in [0, 0.05) is 0 Å². The molecule has 6 heteroatoms. The van der Waals surface area contributed by atoms with E-state index in [0.717, 1.165) is 5.56 Å². The smallest absolute Gasteiger partial charge is 0.318 e. The van der Waals surface area contributed by atoms with Crippen LogP contribution in [0.4, 0.5) is 0 Å². The fourth-order valence-electron chi connectivity index (χ4n) is 2.52. The molecule has 0 unspecified atom stereocenters. The number of thioether (sulfide) groups is 1. The van der Waals surface area contributed by atoms with Gasteiger partial charge in [-0.25, -0.2) is 4.98 Å². The van der Waals surface area contributed by atoms with Gasteiger partial charge >= 0.3 is 5.97 Å². The molecule has 0 fully saturated rings. The van der Waals surface area contributed by atoms with Gasteiger partial charge in [0.05, 0.1) is 24.6 Å². The molecule has 0 saturated heterocycles. The summed E-state index contributed by atoms with van der Waals surface area (Å²) >= 11 is 1.23. The summed E-state index contributed by atoms with van der Waals surface area (Å²) in [5, 5.41) is 0.610. The number of hydrogen-bond acceptors (Lipinski definition) is 5. The van der Waals surface area contributed by atoms with Crippen molar-refractivity contribution in [2.24, 2.45) is 0 Å². The van der Waals surface area contributed by atoms with Gasteiger partial charge in [0.1, 0.15) is 5.25 Å². The van der Waals surface area contributed by atoms with Crippen molar-refractivity contribution < 1.29 is 9.53 Å². The normalized spacial score (nSPS) is 12.1. The lowest BCUT2D eigenvalue weighted by molar-refractivity contribution is -0.139. The van der Waals surface area contributed by atoms with E-state index in [9.17, 15) is 9.59 Å². The summed E-state index contributed by atoms with van der Waals surface area (Å²) in [5.41, 5.74) is 1.50. The van der Waals surface area contributed by atoms with E-state index >= 15 is 0 Å². The molecule has 0 N–H and O–H groups in total. The number of hydrogen-bond donors (Lipinski definition) is 0. The SMILES string of the molecule is COC(=O)[C@@H](C)Sc1nc2ccccc2c(=O)n1Cc1ccccc1. The molecule has 0 amide bonds. The molecule has 1 atom stereocenters. The number of carbonyl (C=O) groups excluding carboxylic acids is 1. The van der Waals surface area contributed by atoms with Gasteiger partial charge in [0.2, 0.25) is 0 Å². The first kappa shape index (κ1) is 17.2. The molecule has 0 radical (unpaired) electrons. The molecule has 5 nitrogen and oxygen atoms in total. The Bertz CT molecular complexity index is 954. The standard InChI is InChI=1S/C19H18N2O3S/c1-13(18(23)24-2)25-19-20-16-11-7-6-10-15(16)17(22)21(19)12-14-8-4-3-5-9-14/h3-11,13H,12H2,1-2H3/t13-/m1/s1. The van der Waals surface area contributed by atoms with Gasteiger partial charge in [-0.1, -0.05) is 54.2 Å². The lowest BCUT2D eigenvalue weighted by Crippen LogP contribution is -2.25. The molecule has 0 aliphatic carbocycles. The maximum atomic E-state index is 13.0. The first-order chi connectivity index (χ1) is 12.1. The van der Waals surface area contributed by atoms with Crippen LogP contribution in [0.3, 0.4) is 0 Å². The number of nitrogens with zero attached hydrogens (tertiary/aromatic N) is 2. The van der Waals surface area contributed by atoms with E-state index in [-0.39, 0.29) is 11.5 Å². The van der Waals surface area contributed by atoms with Crippen LogP contribution >= 0.6 is 11.8 Å². The van der Waals surface area contributed by atoms with Gasteiger partial charge < -0.3 is 4.74 Å². The van der Waals surface area contributed by atoms with Gasteiger partial charge in [-0.3, -0.25) is 14.2 Å². The summed E-state index contributed by atoms with van der Waals surface area (Å²) < 4.78 is 6.40. The molecule has 0 aliphatic rings. The Labute approximate surface area is 149 Å². The molecule has 128 valence electrons. The van der Waals surface area contributed by atoms with Crippen LogP contribution in [-0.4, -0.2) is 27.9 Å². The summed E-state index contributed by atoms with van der Waals surface area (Å²) in [4.78, 5) is 29.4. The maximum Gasteiger partial charge on any atom is 0.318 e. The van der Waals surface area contributed by atoms with E-state index in [1.165, 1.54) is 18.9 Å². The van der Waals surface area contributed by atoms with Gasteiger partial charge in [0.25, 0.3) is 5.56 Å². The van der Waals surface area contributed by atoms with E-state index in [0.29, 0.717) is 22.6 Å². The van der Waals surface area contributed by atoms with Gasteiger partial charge in [-0.2, -0.15) is 0 Å². The average Bonchev–Trinajstić information content (AvgIpc) is 2.65. The molecule has 3 aromatic rings. The Kier molecular flexibility index (Phi) is 5.19. The van der Waals surface area contributed by atoms with Crippen molar-refractivity contribution in [3.63, 3.8) is 0 Å². The van der Waals surface area contributed by atoms with Crippen LogP contribution in [-0.2, 0) is 16.1 Å². The molecule has 3 rings (SSSR count). The predicted octanol–water partition coefficient (Wildman–Crippen LogP) is 3.10. The topological polar surface area (TPSA) is 61.2 Å². The van der Waals surface area contributed by atoms with Crippen LogP contribution in [0.1, 0.15) is 12.5 Å². The number of para-hydroxylation sites is 1. The van der Waals surface area contributed by atoms with Crippen molar-refractivity contribution in [3.05, 3.63) is 70.5 Å². The van der Waals surface area contributed by atoms with Gasteiger partial charge in [-0.05, 0) is 24.6 Å². The summed E-state index contributed by atoms with van der Waals surface area (Å²) in [6.45, 7) is 2.14. The minimum absolute atomic E-state index is 0.117. The van der Waals surface area contributed by atoms with Crippen LogP contribution < -0.4 is 5.56 Å². The second-order valence-corrected chi connectivity index (χ2v) is 6.88. The zero-order valence-electron chi connectivity index (χ0n) is 14.0. The Balaban J connectivity index is 2.10. The van der Waals surface area contributed by atoms with Crippen molar-refractivity contribution in [1.82, 2.24) is 9.55 Å².